The van der Waals surface area contributed by atoms with E-state index in [1.165, 1.54) is 26.8 Å². The van der Waals surface area contributed by atoms with Crippen molar-refractivity contribution in [3.05, 3.63) is 71.1 Å². The van der Waals surface area contributed by atoms with E-state index in [1.807, 2.05) is 31.2 Å². The Morgan fingerprint density at radius 3 is 2.51 bits per heavy atom. The molecule has 198 valence electrons. The number of likely N-dealkylation sites (N-methyl/N-ethyl adjacent to an activating group) is 1. The van der Waals surface area contributed by atoms with Crippen LogP contribution in [-0.4, -0.2) is 72.8 Å². The zero-order chi connectivity index (χ0) is 26.7. The highest BCUT2D eigenvalue weighted by Crippen LogP contribution is 2.36. The maximum atomic E-state index is 14.1. The number of methoxy groups -OCH3 is 1. The van der Waals surface area contributed by atoms with Crippen LogP contribution in [0.25, 0.3) is 0 Å². The van der Waals surface area contributed by atoms with Crippen LogP contribution in [0.5, 0.6) is 5.75 Å². The van der Waals surface area contributed by atoms with Crippen LogP contribution in [0, 0.1) is 0 Å². The van der Waals surface area contributed by atoms with E-state index in [2.05, 4.69) is 9.97 Å². The van der Waals surface area contributed by atoms with Gasteiger partial charge >= 0.3 is 6.18 Å². The Labute approximate surface area is 218 Å². The number of H-pyrrole nitrogens is 1. The van der Waals surface area contributed by atoms with E-state index in [0.29, 0.717) is 18.7 Å². The SMILES string of the molecule is COc1ccc(CCN(C)C(=O)c2ccc(Cl)c(N3CC(C(F)(F)F)N(c4cc[nH]c4)CC3C)n2)cc1. The minimum atomic E-state index is -4.47. The Morgan fingerprint density at radius 1 is 1.16 bits per heavy atom. The summed E-state index contributed by atoms with van der Waals surface area (Å²) in [4.78, 5) is 24.8. The molecule has 3 heterocycles. The maximum absolute atomic E-state index is 14.1. The van der Waals surface area contributed by atoms with Crippen LogP contribution >= 0.6 is 11.6 Å². The number of hydrogen-bond acceptors (Lipinski definition) is 5. The number of halogens is 4. The highest BCUT2D eigenvalue weighted by atomic mass is 35.5. The fourth-order valence-corrected chi connectivity index (χ4v) is 4.68. The molecule has 7 nitrogen and oxygen atoms in total. The largest absolute Gasteiger partial charge is 0.497 e. The number of aromatic amines is 1. The van der Waals surface area contributed by atoms with Gasteiger partial charge in [0.25, 0.3) is 5.91 Å². The molecule has 0 radical (unpaired) electrons. The van der Waals surface area contributed by atoms with E-state index in [0.717, 1.165) is 11.3 Å². The third-order valence-electron chi connectivity index (χ3n) is 6.59. The number of aromatic nitrogens is 2. The van der Waals surface area contributed by atoms with Gasteiger partial charge in [-0.05, 0) is 49.2 Å². The fraction of sp³-hybridized carbons (Fsp3) is 0.385. The van der Waals surface area contributed by atoms with Crippen LogP contribution in [0.2, 0.25) is 5.02 Å². The predicted octanol–water partition coefficient (Wildman–Crippen LogP) is 5.03. The van der Waals surface area contributed by atoms with E-state index >= 15 is 0 Å². The lowest BCUT2D eigenvalue weighted by atomic mass is 10.1. The molecule has 37 heavy (non-hydrogen) atoms. The second-order valence-corrected chi connectivity index (χ2v) is 9.51. The van der Waals surface area contributed by atoms with Crippen LogP contribution in [0.4, 0.5) is 24.7 Å². The zero-order valence-corrected chi connectivity index (χ0v) is 21.6. The third-order valence-corrected chi connectivity index (χ3v) is 6.89. The second-order valence-electron chi connectivity index (χ2n) is 9.11. The number of pyridine rings is 1. The summed E-state index contributed by atoms with van der Waals surface area (Å²) in [5.74, 6) is 0.589. The summed E-state index contributed by atoms with van der Waals surface area (Å²) in [6.45, 7) is 2.00. The lowest BCUT2D eigenvalue weighted by Crippen LogP contribution is -2.62. The molecule has 1 N–H and O–H groups in total. The second kappa shape index (κ2) is 10.9. The summed E-state index contributed by atoms with van der Waals surface area (Å²) in [6.07, 6.45) is -0.707. The molecular weight excluding hydrogens is 507 g/mol. The van der Waals surface area contributed by atoms with Gasteiger partial charge in [0.05, 0.1) is 17.8 Å². The van der Waals surface area contributed by atoms with Gasteiger partial charge in [-0.15, -0.1) is 0 Å². The zero-order valence-electron chi connectivity index (χ0n) is 20.8. The molecule has 1 aliphatic rings. The summed E-state index contributed by atoms with van der Waals surface area (Å²) in [7, 11) is 3.26. The third kappa shape index (κ3) is 5.95. The van der Waals surface area contributed by atoms with Crippen molar-refractivity contribution in [2.45, 2.75) is 31.6 Å². The van der Waals surface area contributed by atoms with E-state index < -0.39 is 12.2 Å². The molecule has 0 bridgehead atoms. The molecule has 1 aliphatic heterocycles. The van der Waals surface area contributed by atoms with E-state index in [-0.39, 0.29) is 41.6 Å². The quantitative estimate of drug-likeness (QED) is 0.459. The number of carbonyl (C=O) groups excluding carboxylic acids is 1. The van der Waals surface area contributed by atoms with Gasteiger partial charge in [-0.25, -0.2) is 4.98 Å². The van der Waals surface area contributed by atoms with Gasteiger partial charge in [0.1, 0.15) is 23.3 Å². The predicted molar refractivity (Wildman–Crippen MR) is 138 cm³/mol. The highest BCUT2D eigenvalue weighted by molar-refractivity contribution is 6.33. The molecule has 0 saturated carbocycles. The average Bonchev–Trinajstić information content (AvgIpc) is 3.42. The molecule has 0 aliphatic carbocycles. The Kier molecular flexibility index (Phi) is 7.87. The standard InChI is InChI=1S/C26H29ClF3N5O2/c1-17-15-35(19-10-12-31-14-19)23(26(28,29)30)16-34(17)24-21(27)8-9-22(32-24)25(36)33(2)13-11-18-4-6-20(37-3)7-5-18/h4-10,12,14,17,23,31H,11,13,15-16H2,1-3H3. The number of hydrogen-bond donors (Lipinski definition) is 1. The molecule has 2 unspecified atom stereocenters. The molecule has 2 aromatic heterocycles. The Balaban J connectivity index is 1.51. The first-order valence-corrected chi connectivity index (χ1v) is 12.2. The first-order chi connectivity index (χ1) is 17.6. The van der Waals surface area contributed by atoms with Crippen molar-refractivity contribution in [2.75, 3.05) is 43.6 Å². The van der Waals surface area contributed by atoms with Gasteiger partial charge in [0.15, 0.2) is 0 Å². The van der Waals surface area contributed by atoms with Crippen LogP contribution in [0.1, 0.15) is 23.0 Å². The number of piperazine rings is 1. The van der Waals surface area contributed by atoms with Crippen LogP contribution in [0.15, 0.2) is 54.9 Å². The highest BCUT2D eigenvalue weighted by Gasteiger charge is 2.49. The Bertz CT molecular complexity index is 1200. The number of ether oxygens (including phenoxy) is 1. The van der Waals surface area contributed by atoms with Crippen molar-refractivity contribution < 1.29 is 22.7 Å². The van der Waals surface area contributed by atoms with Gasteiger partial charge in [-0.1, -0.05) is 23.7 Å². The molecule has 1 saturated heterocycles. The van der Waals surface area contributed by atoms with E-state index in [9.17, 15) is 18.0 Å². The maximum Gasteiger partial charge on any atom is 0.410 e. The number of nitrogens with one attached hydrogen (secondary N) is 1. The van der Waals surface area contributed by atoms with Gasteiger partial charge < -0.3 is 24.4 Å². The fourth-order valence-electron chi connectivity index (χ4n) is 4.47. The topological polar surface area (TPSA) is 64.7 Å². The lowest BCUT2D eigenvalue weighted by molar-refractivity contribution is -0.148. The summed E-state index contributed by atoms with van der Waals surface area (Å²) in [6, 6.07) is 10.1. The molecule has 11 heteroatoms. The summed E-state index contributed by atoms with van der Waals surface area (Å²) >= 11 is 6.40. The number of amides is 1. The van der Waals surface area contributed by atoms with Gasteiger partial charge in [0, 0.05) is 45.1 Å². The number of nitrogens with zero attached hydrogens (tertiary/aromatic N) is 4. The van der Waals surface area contributed by atoms with Crippen molar-refractivity contribution in [3.63, 3.8) is 0 Å². The molecular formula is C26H29ClF3N5O2. The number of benzene rings is 1. The first-order valence-electron chi connectivity index (χ1n) is 11.9. The normalized spacial score (nSPS) is 18.1. The van der Waals surface area contributed by atoms with Gasteiger partial charge in [0.2, 0.25) is 0 Å². The van der Waals surface area contributed by atoms with Crippen molar-refractivity contribution >= 4 is 29.0 Å². The lowest BCUT2D eigenvalue weighted by Gasteiger charge is -2.47. The van der Waals surface area contributed by atoms with Gasteiger partial charge in [-0.2, -0.15) is 13.2 Å². The molecule has 1 fully saturated rings. The molecule has 3 aromatic rings. The van der Waals surface area contributed by atoms with Crippen LogP contribution in [0.3, 0.4) is 0 Å². The average molecular weight is 536 g/mol. The van der Waals surface area contributed by atoms with E-state index in [1.54, 1.807) is 32.6 Å². The molecule has 1 amide bonds. The number of carbonyl (C=O) groups is 1. The van der Waals surface area contributed by atoms with Crippen molar-refractivity contribution in [2.24, 2.45) is 0 Å². The smallest absolute Gasteiger partial charge is 0.410 e. The van der Waals surface area contributed by atoms with Crippen LogP contribution in [-0.2, 0) is 6.42 Å². The van der Waals surface area contributed by atoms with Crippen LogP contribution < -0.4 is 14.5 Å². The minimum Gasteiger partial charge on any atom is -0.497 e. The van der Waals surface area contributed by atoms with Gasteiger partial charge in [-0.3, -0.25) is 4.79 Å². The Morgan fingerprint density at radius 2 is 1.89 bits per heavy atom. The Hall–Kier alpha value is -3.40. The first kappa shape index (κ1) is 26.7. The molecule has 4 rings (SSSR count). The van der Waals surface area contributed by atoms with Crippen molar-refractivity contribution in [1.82, 2.24) is 14.9 Å². The summed E-state index contributed by atoms with van der Waals surface area (Å²) in [5, 5.41) is 0.195. The number of anilines is 2. The summed E-state index contributed by atoms with van der Waals surface area (Å²) < 4.78 is 47.4. The minimum absolute atomic E-state index is 0.111. The van der Waals surface area contributed by atoms with E-state index in [4.69, 9.17) is 16.3 Å². The van der Waals surface area contributed by atoms with Crippen molar-refractivity contribution in [1.29, 1.82) is 0 Å². The molecule has 1 aromatic carbocycles. The molecule has 2 atom stereocenters. The number of rotatable bonds is 7. The molecule has 0 spiro atoms. The number of alkyl halides is 3. The summed E-state index contributed by atoms with van der Waals surface area (Å²) in [5.41, 5.74) is 1.63. The monoisotopic (exact) mass is 535 g/mol. The van der Waals surface area contributed by atoms with Crippen molar-refractivity contribution in [3.8, 4) is 5.75 Å².